The second-order valence-corrected chi connectivity index (χ2v) is 12.2. The van der Waals surface area contributed by atoms with E-state index in [1.54, 1.807) is 36.3 Å². The lowest BCUT2D eigenvalue weighted by atomic mass is 9.79. The van der Waals surface area contributed by atoms with E-state index in [0.29, 0.717) is 62.7 Å². The van der Waals surface area contributed by atoms with Gasteiger partial charge in [-0.25, -0.2) is 0 Å². The van der Waals surface area contributed by atoms with E-state index in [1.807, 2.05) is 38.1 Å². The minimum atomic E-state index is -0.887. The van der Waals surface area contributed by atoms with Crippen LogP contribution >= 0.6 is 0 Å². The zero-order chi connectivity index (χ0) is 32.4. The van der Waals surface area contributed by atoms with Crippen LogP contribution in [0.1, 0.15) is 75.2 Å². The molecule has 0 unspecified atom stereocenters. The van der Waals surface area contributed by atoms with Crippen molar-refractivity contribution in [2.75, 3.05) is 39.9 Å². The van der Waals surface area contributed by atoms with Gasteiger partial charge in [-0.1, -0.05) is 52.2 Å². The van der Waals surface area contributed by atoms with Gasteiger partial charge >= 0.3 is 0 Å². The molecule has 1 spiro atoms. The van der Waals surface area contributed by atoms with Crippen LogP contribution in [0, 0.1) is 5.92 Å². The van der Waals surface area contributed by atoms with Crippen molar-refractivity contribution in [1.29, 1.82) is 0 Å². The maximum Gasteiger partial charge on any atom is 0.251 e. The van der Waals surface area contributed by atoms with Crippen molar-refractivity contribution in [2.45, 2.75) is 83.5 Å². The minimum absolute atomic E-state index is 0.0370. The number of carbonyl (C=O) groups excluding carboxylic acids is 3. The summed E-state index contributed by atoms with van der Waals surface area (Å²) in [5, 5.41) is 16.8. The first-order valence-electron chi connectivity index (χ1n) is 16.4. The Hall–Kier alpha value is -3.47. The molecule has 0 aliphatic carbocycles. The molecular weight excluding hydrogens is 572 g/mol. The SMILES string of the molecule is CCCCN1C(=O)[C@@H]([C@H](O)C(CC)CC)NC(=O)C12CCN(Cc1ccc(Oc3ccc(C(=O)NCCOC)cc3)cc1)CC2. The zero-order valence-electron chi connectivity index (χ0n) is 27.2. The number of hydrogen-bond acceptors (Lipinski definition) is 7. The number of amides is 3. The van der Waals surface area contributed by atoms with Gasteiger partial charge in [0.1, 0.15) is 23.1 Å². The van der Waals surface area contributed by atoms with E-state index in [9.17, 15) is 19.5 Å². The third-order valence-electron chi connectivity index (χ3n) is 9.32. The van der Waals surface area contributed by atoms with Crippen LogP contribution in [0.4, 0.5) is 0 Å². The van der Waals surface area contributed by atoms with E-state index in [4.69, 9.17) is 9.47 Å². The van der Waals surface area contributed by atoms with Gasteiger partial charge < -0.3 is 30.1 Å². The predicted octanol–water partition coefficient (Wildman–Crippen LogP) is 4.11. The van der Waals surface area contributed by atoms with Gasteiger partial charge in [0.15, 0.2) is 0 Å². The van der Waals surface area contributed by atoms with Crippen LogP contribution in [0.25, 0.3) is 0 Å². The molecule has 246 valence electrons. The lowest BCUT2D eigenvalue weighted by Gasteiger charge is -2.52. The van der Waals surface area contributed by atoms with E-state index >= 15 is 0 Å². The summed E-state index contributed by atoms with van der Waals surface area (Å²) in [5.41, 5.74) is 0.812. The number of carbonyl (C=O) groups is 3. The van der Waals surface area contributed by atoms with Crippen molar-refractivity contribution >= 4 is 17.7 Å². The number of piperidine rings is 1. The number of ether oxygens (including phenoxy) is 2. The number of nitrogens with zero attached hydrogens (tertiary/aromatic N) is 2. The van der Waals surface area contributed by atoms with Crippen molar-refractivity contribution in [2.24, 2.45) is 5.92 Å². The highest BCUT2D eigenvalue weighted by atomic mass is 16.5. The molecule has 2 aliphatic rings. The summed E-state index contributed by atoms with van der Waals surface area (Å²) in [6.07, 6.45) is 3.48. The Morgan fingerprint density at radius 1 is 1.02 bits per heavy atom. The van der Waals surface area contributed by atoms with Gasteiger partial charge in [-0.3, -0.25) is 19.3 Å². The lowest BCUT2D eigenvalue weighted by molar-refractivity contribution is -0.165. The number of piperazine rings is 1. The molecule has 0 aromatic heterocycles. The number of aliphatic hydroxyl groups excluding tert-OH is 1. The number of likely N-dealkylation sites (tertiary alicyclic amines) is 1. The normalized spacial score (nSPS) is 19.1. The average Bonchev–Trinajstić information content (AvgIpc) is 3.05. The molecule has 0 radical (unpaired) electrons. The summed E-state index contributed by atoms with van der Waals surface area (Å²) in [6, 6.07) is 14.0. The number of methoxy groups -OCH3 is 1. The Bertz CT molecular complexity index is 1260. The second kappa shape index (κ2) is 16.2. The number of rotatable bonds is 15. The quantitative estimate of drug-likeness (QED) is 0.256. The topological polar surface area (TPSA) is 120 Å². The summed E-state index contributed by atoms with van der Waals surface area (Å²) in [5.74, 6) is 0.865. The molecule has 3 N–H and O–H groups in total. The first kappa shape index (κ1) is 34.4. The molecule has 2 fully saturated rings. The first-order chi connectivity index (χ1) is 21.8. The predicted molar refractivity (Wildman–Crippen MR) is 173 cm³/mol. The summed E-state index contributed by atoms with van der Waals surface area (Å²) >= 11 is 0. The van der Waals surface area contributed by atoms with Crippen molar-refractivity contribution in [3.05, 3.63) is 59.7 Å². The molecule has 2 heterocycles. The van der Waals surface area contributed by atoms with Crippen LogP contribution in [0.15, 0.2) is 48.5 Å². The number of unbranched alkanes of at least 4 members (excludes halogenated alkanes) is 1. The molecule has 2 aromatic carbocycles. The highest BCUT2D eigenvalue weighted by molar-refractivity contribution is 6.00. The molecule has 4 rings (SSSR count). The Morgan fingerprint density at radius 2 is 1.64 bits per heavy atom. The number of aliphatic hydroxyl groups is 1. The van der Waals surface area contributed by atoms with Crippen LogP contribution in [-0.4, -0.2) is 90.2 Å². The van der Waals surface area contributed by atoms with E-state index < -0.39 is 17.7 Å². The summed E-state index contributed by atoms with van der Waals surface area (Å²) in [6.45, 7) is 9.64. The summed E-state index contributed by atoms with van der Waals surface area (Å²) < 4.78 is 10.9. The van der Waals surface area contributed by atoms with Crippen LogP contribution in [0.2, 0.25) is 0 Å². The highest BCUT2D eigenvalue weighted by Gasteiger charge is 2.55. The van der Waals surface area contributed by atoms with Gasteiger partial charge in [0.2, 0.25) is 11.8 Å². The Morgan fingerprint density at radius 3 is 2.22 bits per heavy atom. The van der Waals surface area contributed by atoms with E-state index in [0.717, 1.165) is 37.8 Å². The van der Waals surface area contributed by atoms with Crippen molar-refractivity contribution < 1.29 is 29.0 Å². The molecule has 2 aliphatic heterocycles. The number of nitrogens with one attached hydrogen (secondary N) is 2. The molecule has 0 saturated carbocycles. The van der Waals surface area contributed by atoms with Crippen molar-refractivity contribution in [1.82, 2.24) is 20.4 Å². The standard InChI is InChI=1S/C35H50N4O6/c1-5-8-20-39-33(42)30(31(40)26(6-2)7-3)37-34(43)35(39)17-21-38(22-18-35)24-25-9-13-28(14-10-25)45-29-15-11-27(12-16-29)32(41)36-19-23-44-4/h9-16,26,30-31,40H,5-8,17-24H2,1-4H3,(H,36,41)(H,37,43)/t30-,31-/m1/s1. The third-order valence-corrected chi connectivity index (χ3v) is 9.32. The Labute approximate surface area is 267 Å². The molecule has 2 atom stereocenters. The second-order valence-electron chi connectivity index (χ2n) is 12.2. The number of hydrogen-bond donors (Lipinski definition) is 3. The van der Waals surface area contributed by atoms with Crippen LogP contribution in [0.5, 0.6) is 11.5 Å². The molecule has 10 heteroatoms. The molecule has 10 nitrogen and oxygen atoms in total. The highest BCUT2D eigenvalue weighted by Crippen LogP contribution is 2.35. The van der Waals surface area contributed by atoms with Gasteiger partial charge in [-0.05, 0) is 67.1 Å². The Balaban J connectivity index is 1.34. The maximum atomic E-state index is 13.8. The van der Waals surface area contributed by atoms with E-state index in [-0.39, 0.29) is 23.6 Å². The molecule has 0 bridgehead atoms. The van der Waals surface area contributed by atoms with Crippen LogP contribution < -0.4 is 15.4 Å². The van der Waals surface area contributed by atoms with Crippen LogP contribution in [-0.2, 0) is 20.9 Å². The zero-order valence-corrected chi connectivity index (χ0v) is 27.2. The monoisotopic (exact) mass is 622 g/mol. The van der Waals surface area contributed by atoms with Crippen LogP contribution in [0.3, 0.4) is 0 Å². The fourth-order valence-corrected chi connectivity index (χ4v) is 6.43. The van der Waals surface area contributed by atoms with E-state index in [1.165, 1.54) is 0 Å². The fourth-order valence-electron chi connectivity index (χ4n) is 6.43. The van der Waals surface area contributed by atoms with Gasteiger partial charge in [-0.15, -0.1) is 0 Å². The minimum Gasteiger partial charge on any atom is -0.457 e. The summed E-state index contributed by atoms with van der Waals surface area (Å²) in [7, 11) is 1.59. The number of benzene rings is 2. The third kappa shape index (κ3) is 8.23. The van der Waals surface area contributed by atoms with Crippen molar-refractivity contribution in [3.8, 4) is 11.5 Å². The van der Waals surface area contributed by atoms with Gasteiger partial charge in [0.25, 0.3) is 5.91 Å². The molecule has 3 amide bonds. The lowest BCUT2D eigenvalue weighted by Crippen LogP contribution is -2.75. The summed E-state index contributed by atoms with van der Waals surface area (Å²) in [4.78, 5) is 43.8. The first-order valence-corrected chi connectivity index (χ1v) is 16.4. The van der Waals surface area contributed by atoms with E-state index in [2.05, 4.69) is 22.5 Å². The molecule has 45 heavy (non-hydrogen) atoms. The average molecular weight is 623 g/mol. The molecule has 2 aromatic rings. The van der Waals surface area contributed by atoms with Gasteiger partial charge in [0.05, 0.1) is 12.7 Å². The Kier molecular flexibility index (Phi) is 12.4. The molecule has 2 saturated heterocycles. The molecular formula is C35H50N4O6. The largest absolute Gasteiger partial charge is 0.457 e. The van der Waals surface area contributed by atoms with Crippen molar-refractivity contribution in [3.63, 3.8) is 0 Å². The smallest absolute Gasteiger partial charge is 0.251 e. The fraction of sp³-hybridized carbons (Fsp3) is 0.571. The maximum absolute atomic E-state index is 13.8. The van der Waals surface area contributed by atoms with Gasteiger partial charge in [-0.2, -0.15) is 0 Å². The van der Waals surface area contributed by atoms with Gasteiger partial charge in [0, 0.05) is 45.4 Å².